The van der Waals surface area contributed by atoms with Crippen LogP contribution in [0.2, 0.25) is 0 Å². The van der Waals surface area contributed by atoms with Crippen LogP contribution in [0.25, 0.3) is 11.6 Å². The Labute approximate surface area is 142 Å². The molecule has 2 N–H and O–H groups in total. The van der Waals surface area contributed by atoms with Crippen LogP contribution in [0.5, 0.6) is 0 Å². The van der Waals surface area contributed by atoms with Crippen molar-refractivity contribution in [3.8, 4) is 11.6 Å². The molecule has 0 bridgehead atoms. The van der Waals surface area contributed by atoms with Crippen molar-refractivity contribution >= 4 is 10.0 Å². The van der Waals surface area contributed by atoms with Crippen LogP contribution in [0.15, 0.2) is 59.1 Å². The molecule has 0 saturated carbocycles. The largest absolute Gasteiger partial charge is 0.414 e. The Morgan fingerprint density at radius 3 is 2.24 bits per heavy atom. The average molecular weight is 368 g/mol. The lowest BCUT2D eigenvalue weighted by Gasteiger charge is -1.96. The van der Waals surface area contributed by atoms with Gasteiger partial charge < -0.3 is 4.42 Å². The number of hydrogen-bond donors (Lipinski definition) is 1. The van der Waals surface area contributed by atoms with Gasteiger partial charge in [-0.3, -0.25) is 4.98 Å². The van der Waals surface area contributed by atoms with E-state index in [0.717, 1.165) is 5.56 Å². The predicted molar refractivity (Wildman–Crippen MR) is 85.7 cm³/mol. The molecule has 0 spiro atoms. The van der Waals surface area contributed by atoms with Gasteiger partial charge in [0.1, 0.15) is 5.69 Å². The second-order valence-electron chi connectivity index (χ2n) is 4.75. The van der Waals surface area contributed by atoms with Gasteiger partial charge in [-0.15, -0.1) is 10.2 Å². The minimum atomic E-state index is -3.38. The Balaban J connectivity index is 0.000000186. The molecule has 0 aliphatic rings. The molecule has 0 radical (unpaired) electrons. The molecule has 25 heavy (non-hydrogen) atoms. The zero-order valence-electron chi connectivity index (χ0n) is 12.8. The standard InChI is InChI=1S/C8H5F2N3O.C7H9NO2S/c9-6(10)8-13-12-7(14-8)5-3-1-2-4-11-5;8-11(9,10)6-7-4-2-1-3-5-7/h1-4,6H;1-5H,6H2,(H2,8,9,10). The van der Waals surface area contributed by atoms with E-state index in [2.05, 4.69) is 15.2 Å². The van der Waals surface area contributed by atoms with E-state index in [1.165, 1.54) is 6.20 Å². The van der Waals surface area contributed by atoms with E-state index < -0.39 is 22.3 Å². The average Bonchev–Trinajstić information content (AvgIpc) is 3.06. The van der Waals surface area contributed by atoms with Crippen molar-refractivity contribution in [2.45, 2.75) is 12.2 Å². The fraction of sp³-hybridized carbons (Fsp3) is 0.133. The first-order chi connectivity index (χ1) is 11.8. The molecule has 3 aromatic rings. The van der Waals surface area contributed by atoms with E-state index in [9.17, 15) is 17.2 Å². The van der Waals surface area contributed by atoms with Crippen LogP contribution >= 0.6 is 0 Å². The number of hydrogen-bond acceptors (Lipinski definition) is 6. The molecule has 0 atom stereocenters. The molecule has 3 rings (SSSR count). The highest BCUT2D eigenvalue weighted by Gasteiger charge is 2.17. The summed E-state index contributed by atoms with van der Waals surface area (Å²) in [6.45, 7) is 0. The van der Waals surface area contributed by atoms with E-state index in [0.29, 0.717) is 5.69 Å². The van der Waals surface area contributed by atoms with E-state index in [-0.39, 0.29) is 11.6 Å². The molecule has 7 nitrogen and oxygen atoms in total. The first-order valence-corrected chi connectivity index (χ1v) is 8.64. The summed E-state index contributed by atoms with van der Waals surface area (Å²) >= 11 is 0. The quantitative estimate of drug-likeness (QED) is 0.757. The number of primary sulfonamides is 1. The molecule has 0 saturated heterocycles. The van der Waals surface area contributed by atoms with Crippen molar-refractivity contribution in [1.82, 2.24) is 15.2 Å². The highest BCUT2D eigenvalue weighted by atomic mass is 32.2. The number of nitrogens with zero attached hydrogens (tertiary/aromatic N) is 3. The zero-order valence-corrected chi connectivity index (χ0v) is 13.6. The summed E-state index contributed by atoms with van der Waals surface area (Å²) in [7, 11) is -3.38. The van der Waals surface area contributed by atoms with Gasteiger partial charge in [0.2, 0.25) is 10.0 Å². The monoisotopic (exact) mass is 368 g/mol. The van der Waals surface area contributed by atoms with Crippen LogP contribution in [0.3, 0.4) is 0 Å². The van der Waals surface area contributed by atoms with Crippen molar-refractivity contribution in [3.05, 3.63) is 66.2 Å². The van der Waals surface area contributed by atoms with Crippen molar-refractivity contribution in [3.63, 3.8) is 0 Å². The van der Waals surface area contributed by atoms with E-state index in [1.54, 1.807) is 42.5 Å². The summed E-state index contributed by atoms with van der Waals surface area (Å²) in [5, 5.41) is 11.5. The van der Waals surface area contributed by atoms with Gasteiger partial charge in [0.05, 0.1) is 5.75 Å². The van der Waals surface area contributed by atoms with Gasteiger partial charge in [-0.05, 0) is 17.7 Å². The van der Waals surface area contributed by atoms with Gasteiger partial charge in [0.25, 0.3) is 11.8 Å². The maximum atomic E-state index is 12.1. The Hall–Kier alpha value is -2.72. The first kappa shape index (κ1) is 18.6. The van der Waals surface area contributed by atoms with Crippen LogP contribution in [0.4, 0.5) is 8.78 Å². The number of aromatic nitrogens is 3. The summed E-state index contributed by atoms with van der Waals surface area (Å²) in [6, 6.07) is 13.8. The molecular weight excluding hydrogens is 354 g/mol. The highest BCUT2D eigenvalue weighted by molar-refractivity contribution is 7.88. The van der Waals surface area contributed by atoms with Gasteiger partial charge >= 0.3 is 6.43 Å². The van der Waals surface area contributed by atoms with Gasteiger partial charge in [0.15, 0.2) is 0 Å². The summed E-state index contributed by atoms with van der Waals surface area (Å²) < 4.78 is 50.0. The Morgan fingerprint density at radius 2 is 1.72 bits per heavy atom. The number of nitrogens with two attached hydrogens (primary N) is 1. The van der Waals surface area contributed by atoms with Gasteiger partial charge in [-0.25, -0.2) is 13.6 Å². The lowest BCUT2D eigenvalue weighted by molar-refractivity contribution is 0.116. The third-order valence-electron chi connectivity index (χ3n) is 2.72. The highest BCUT2D eigenvalue weighted by Crippen LogP contribution is 2.21. The van der Waals surface area contributed by atoms with Crippen molar-refractivity contribution in [2.75, 3.05) is 0 Å². The molecule has 132 valence electrons. The van der Waals surface area contributed by atoms with Crippen LogP contribution < -0.4 is 5.14 Å². The number of rotatable bonds is 4. The molecule has 10 heteroatoms. The predicted octanol–water partition coefficient (Wildman–Crippen LogP) is 2.54. The molecule has 0 fully saturated rings. The van der Waals surface area contributed by atoms with Gasteiger partial charge in [-0.2, -0.15) is 8.78 Å². The molecule has 2 aromatic heterocycles. The number of sulfonamides is 1. The summed E-state index contributed by atoms with van der Waals surface area (Å²) in [6.07, 6.45) is -1.23. The topological polar surface area (TPSA) is 112 Å². The Bertz CT molecular complexity index is 887. The zero-order chi connectivity index (χ0) is 18.3. The summed E-state index contributed by atoms with van der Waals surface area (Å²) in [4.78, 5) is 3.88. The lowest BCUT2D eigenvalue weighted by Crippen LogP contribution is -2.14. The van der Waals surface area contributed by atoms with Gasteiger partial charge in [-0.1, -0.05) is 36.4 Å². The number of pyridine rings is 1. The number of alkyl halides is 2. The maximum absolute atomic E-state index is 12.1. The van der Waals surface area contributed by atoms with Crippen LogP contribution in [-0.4, -0.2) is 23.6 Å². The molecule has 0 aliphatic carbocycles. The Kier molecular flexibility index (Phi) is 6.25. The lowest BCUT2D eigenvalue weighted by atomic mass is 10.2. The van der Waals surface area contributed by atoms with E-state index in [4.69, 9.17) is 9.56 Å². The number of benzene rings is 1. The van der Waals surface area contributed by atoms with E-state index in [1.807, 2.05) is 6.07 Å². The van der Waals surface area contributed by atoms with Crippen LogP contribution in [-0.2, 0) is 15.8 Å². The fourth-order valence-electron chi connectivity index (χ4n) is 1.72. The molecule has 0 unspecified atom stereocenters. The second-order valence-corrected chi connectivity index (χ2v) is 6.37. The van der Waals surface area contributed by atoms with Crippen molar-refractivity contribution in [2.24, 2.45) is 5.14 Å². The molecular formula is C15H14F2N4O3S. The molecule has 2 heterocycles. The van der Waals surface area contributed by atoms with E-state index >= 15 is 0 Å². The SMILES string of the molecule is FC(F)c1nnc(-c2ccccn2)o1.NS(=O)(=O)Cc1ccccc1. The minimum Gasteiger partial charge on any atom is -0.414 e. The molecule has 0 aliphatic heterocycles. The van der Waals surface area contributed by atoms with Crippen molar-refractivity contribution in [1.29, 1.82) is 0 Å². The van der Waals surface area contributed by atoms with Crippen molar-refractivity contribution < 1.29 is 21.6 Å². The number of halogens is 2. The molecule has 0 amide bonds. The molecule has 1 aromatic carbocycles. The Morgan fingerprint density at radius 1 is 1.04 bits per heavy atom. The summed E-state index contributed by atoms with van der Waals surface area (Å²) in [5.74, 6) is -0.778. The van der Waals surface area contributed by atoms with Gasteiger partial charge in [0, 0.05) is 6.20 Å². The third-order valence-corrected chi connectivity index (χ3v) is 3.46. The van der Waals surface area contributed by atoms with Crippen LogP contribution in [0, 0.1) is 0 Å². The normalized spacial score (nSPS) is 11.0. The first-order valence-electron chi connectivity index (χ1n) is 6.92. The maximum Gasteiger partial charge on any atom is 0.314 e. The smallest absolute Gasteiger partial charge is 0.314 e. The van der Waals surface area contributed by atoms with Crippen LogP contribution in [0.1, 0.15) is 17.9 Å². The fourth-order valence-corrected chi connectivity index (χ4v) is 2.38. The minimum absolute atomic E-state index is 0.000833. The second kappa shape index (κ2) is 8.40. The summed E-state index contributed by atoms with van der Waals surface area (Å²) in [5.41, 5.74) is 1.10. The third kappa shape index (κ3) is 6.36.